The molecular formula is C32H44ClN3O9. The van der Waals surface area contributed by atoms with Gasteiger partial charge in [0.1, 0.15) is 40.7 Å². The van der Waals surface area contributed by atoms with Crippen molar-refractivity contribution in [1.82, 2.24) is 10.6 Å². The van der Waals surface area contributed by atoms with Crippen LogP contribution in [0.25, 0.3) is 0 Å². The SMILES string of the molecule is CN[C@@H](C)C(=O)O[C@@H]1CC(=O)N(C)c2cc(cc(OC)c2Cl)C/C(C)=C/C=C/[C@@H](OC)[C@@]2(O)C[C@H](OC(=O)N2)[C@H](C)[C@H]2O[C@]21C. The molecule has 1 aromatic carbocycles. The van der Waals surface area contributed by atoms with Crippen LogP contribution in [0.4, 0.5) is 10.5 Å². The van der Waals surface area contributed by atoms with Crippen LogP contribution >= 0.6 is 11.6 Å². The van der Waals surface area contributed by atoms with E-state index >= 15 is 0 Å². The average molecular weight is 650 g/mol. The Labute approximate surface area is 269 Å². The van der Waals surface area contributed by atoms with E-state index in [1.54, 1.807) is 46.2 Å². The van der Waals surface area contributed by atoms with E-state index < -0.39 is 59.8 Å². The average Bonchev–Trinajstić information content (AvgIpc) is 3.69. The molecule has 0 aromatic heterocycles. The van der Waals surface area contributed by atoms with Crippen molar-refractivity contribution in [3.63, 3.8) is 0 Å². The normalized spacial score (nSPS) is 34.8. The van der Waals surface area contributed by atoms with E-state index in [1.807, 2.05) is 26.0 Å². The summed E-state index contributed by atoms with van der Waals surface area (Å²) in [5.74, 6) is -0.974. The Morgan fingerprint density at radius 1 is 1.29 bits per heavy atom. The van der Waals surface area contributed by atoms with Gasteiger partial charge in [-0.05, 0) is 51.9 Å². The van der Waals surface area contributed by atoms with Gasteiger partial charge >= 0.3 is 12.1 Å². The van der Waals surface area contributed by atoms with Crippen molar-refractivity contribution in [3.05, 3.63) is 46.5 Å². The second-order valence-electron chi connectivity index (χ2n) is 12.2. The number of amides is 2. The molecule has 0 spiro atoms. The highest BCUT2D eigenvalue weighted by atomic mass is 35.5. The lowest BCUT2D eigenvalue weighted by atomic mass is 9.83. The Balaban J connectivity index is 1.80. The zero-order valence-corrected chi connectivity index (χ0v) is 27.8. The molecule has 2 fully saturated rings. The van der Waals surface area contributed by atoms with E-state index in [0.29, 0.717) is 17.9 Å². The number of fused-ring (bicyclic) bond motifs is 5. The number of likely N-dealkylation sites (N-methyl/N-ethyl adjacent to an activating group) is 1. The number of allylic oxidation sites excluding steroid dienone is 3. The molecule has 248 valence electrons. The fourth-order valence-electron chi connectivity index (χ4n) is 5.97. The number of halogens is 1. The van der Waals surface area contributed by atoms with Gasteiger partial charge in [-0.15, -0.1) is 0 Å². The standard InChI is InChI=1S/C32H44ClN3O9/c1-17-10-9-11-24(42-8)32(40)16-23(43-30(39)35-32)18(2)28-31(4,45-28)25(44-29(38)19(3)34-5)15-26(37)36(6)21-13-20(12-17)14-22(41-7)27(21)33/h9-11,13-14,18-19,23-25,28,34,40H,12,15-16H2,1-8H3,(H,35,39)/b11-9+,17-10+/t18-,19-,23-,24+,25+,28+,31-,32-/m0/s1. The van der Waals surface area contributed by atoms with Gasteiger partial charge in [0, 0.05) is 26.5 Å². The Morgan fingerprint density at radius 2 is 2.00 bits per heavy atom. The fourth-order valence-corrected chi connectivity index (χ4v) is 6.28. The highest BCUT2D eigenvalue weighted by Gasteiger charge is 2.64. The van der Waals surface area contributed by atoms with Gasteiger partial charge in [-0.3, -0.25) is 14.9 Å². The first-order chi connectivity index (χ1) is 21.2. The molecule has 45 heavy (non-hydrogen) atoms. The highest BCUT2D eigenvalue weighted by molar-refractivity contribution is 6.35. The molecule has 12 nitrogen and oxygen atoms in total. The number of ether oxygens (including phenoxy) is 5. The van der Waals surface area contributed by atoms with Crippen molar-refractivity contribution in [1.29, 1.82) is 0 Å². The first-order valence-electron chi connectivity index (χ1n) is 14.9. The number of nitrogens with zero attached hydrogens (tertiary/aromatic N) is 1. The summed E-state index contributed by atoms with van der Waals surface area (Å²) in [7, 11) is 6.18. The topological polar surface area (TPSA) is 148 Å². The minimum Gasteiger partial charge on any atom is -0.495 e. The maximum atomic E-state index is 13.8. The van der Waals surface area contributed by atoms with Crippen LogP contribution in [0.15, 0.2) is 35.9 Å². The molecule has 3 heterocycles. The van der Waals surface area contributed by atoms with Gasteiger partial charge in [0.05, 0.1) is 25.3 Å². The van der Waals surface area contributed by atoms with Gasteiger partial charge in [-0.25, -0.2) is 4.79 Å². The van der Waals surface area contributed by atoms with Crippen LogP contribution in [0, 0.1) is 5.92 Å². The lowest BCUT2D eigenvalue weighted by Crippen LogP contribution is -2.63. The molecule has 0 radical (unpaired) electrons. The third kappa shape index (κ3) is 7.30. The van der Waals surface area contributed by atoms with Crippen molar-refractivity contribution in [2.45, 2.75) is 88.7 Å². The van der Waals surface area contributed by atoms with Crippen LogP contribution in [0.2, 0.25) is 5.02 Å². The third-order valence-electron chi connectivity index (χ3n) is 9.00. The lowest BCUT2D eigenvalue weighted by molar-refractivity contribution is -0.155. The first-order valence-corrected chi connectivity index (χ1v) is 15.3. The predicted molar refractivity (Wildman–Crippen MR) is 167 cm³/mol. The number of methoxy groups -OCH3 is 2. The number of rotatable bonds is 5. The maximum absolute atomic E-state index is 13.8. The molecule has 2 saturated heterocycles. The van der Waals surface area contributed by atoms with Crippen LogP contribution in [-0.4, -0.2) is 93.2 Å². The number of hydrogen-bond acceptors (Lipinski definition) is 10. The smallest absolute Gasteiger partial charge is 0.409 e. The second kappa shape index (κ2) is 13.7. The van der Waals surface area contributed by atoms with E-state index in [-0.39, 0.29) is 23.8 Å². The number of hydrogen-bond donors (Lipinski definition) is 3. The molecule has 4 rings (SSSR count). The van der Waals surface area contributed by atoms with Gasteiger partial charge in [0.2, 0.25) is 5.91 Å². The van der Waals surface area contributed by atoms with Crippen LogP contribution in [-0.2, 0) is 35.0 Å². The number of epoxide rings is 1. The van der Waals surface area contributed by atoms with Crippen molar-refractivity contribution in [2.75, 3.05) is 33.2 Å². The Morgan fingerprint density at radius 3 is 2.64 bits per heavy atom. The van der Waals surface area contributed by atoms with E-state index in [1.165, 1.54) is 19.1 Å². The van der Waals surface area contributed by atoms with Crippen molar-refractivity contribution in [3.8, 4) is 5.75 Å². The molecule has 13 heteroatoms. The summed E-state index contributed by atoms with van der Waals surface area (Å²) in [6.45, 7) is 7.17. The summed E-state index contributed by atoms with van der Waals surface area (Å²) in [5, 5.41) is 17.2. The molecular weight excluding hydrogens is 606 g/mol. The van der Waals surface area contributed by atoms with Crippen LogP contribution in [0.5, 0.6) is 5.75 Å². The summed E-state index contributed by atoms with van der Waals surface area (Å²) in [6, 6.07) is 2.99. The largest absolute Gasteiger partial charge is 0.495 e. The minimum absolute atomic E-state index is 0.00553. The zero-order valence-electron chi connectivity index (χ0n) is 27.0. The van der Waals surface area contributed by atoms with Crippen LogP contribution in [0.1, 0.15) is 46.1 Å². The number of alkyl carbamates (subject to hydrolysis) is 1. The van der Waals surface area contributed by atoms with E-state index in [0.717, 1.165) is 11.1 Å². The monoisotopic (exact) mass is 649 g/mol. The van der Waals surface area contributed by atoms with Gasteiger partial charge in [-0.2, -0.15) is 0 Å². The second-order valence-corrected chi connectivity index (χ2v) is 12.6. The van der Waals surface area contributed by atoms with E-state index in [2.05, 4.69) is 10.6 Å². The van der Waals surface area contributed by atoms with Gasteiger partial charge in [0.25, 0.3) is 0 Å². The molecule has 3 aliphatic rings. The van der Waals surface area contributed by atoms with Crippen molar-refractivity contribution < 1.29 is 43.2 Å². The summed E-state index contributed by atoms with van der Waals surface area (Å²) in [5.41, 5.74) is -0.646. The molecule has 8 atom stereocenters. The number of benzene rings is 1. The minimum atomic E-state index is -1.78. The molecule has 2 amide bonds. The highest BCUT2D eigenvalue weighted by Crippen LogP contribution is 2.49. The fraction of sp³-hybridized carbons (Fsp3) is 0.594. The zero-order chi connectivity index (χ0) is 33.3. The molecule has 1 aromatic rings. The third-order valence-corrected chi connectivity index (χ3v) is 9.38. The predicted octanol–water partition coefficient (Wildman–Crippen LogP) is 3.28. The van der Waals surface area contributed by atoms with Gasteiger partial charge < -0.3 is 39.0 Å². The van der Waals surface area contributed by atoms with E-state index in [9.17, 15) is 19.5 Å². The first kappa shape index (κ1) is 34.7. The number of carbonyl (C=O) groups is 3. The van der Waals surface area contributed by atoms with Crippen molar-refractivity contribution in [2.24, 2.45) is 5.92 Å². The van der Waals surface area contributed by atoms with Crippen molar-refractivity contribution >= 4 is 35.3 Å². The van der Waals surface area contributed by atoms with Crippen LogP contribution in [0.3, 0.4) is 0 Å². The molecule has 0 saturated carbocycles. The number of aliphatic hydroxyl groups is 1. The van der Waals surface area contributed by atoms with Crippen LogP contribution < -0.4 is 20.3 Å². The Hall–Kier alpha value is -3.16. The Kier molecular flexibility index (Phi) is 10.6. The number of carbonyl (C=O) groups excluding carboxylic acids is 3. The van der Waals surface area contributed by atoms with Gasteiger partial charge in [-0.1, -0.05) is 42.3 Å². The number of esters is 1. The molecule has 3 N–H and O–H groups in total. The molecule has 0 aliphatic carbocycles. The summed E-state index contributed by atoms with van der Waals surface area (Å²) < 4.78 is 28.8. The summed E-state index contributed by atoms with van der Waals surface area (Å²) >= 11 is 6.69. The van der Waals surface area contributed by atoms with E-state index in [4.69, 9.17) is 35.3 Å². The van der Waals surface area contributed by atoms with Gasteiger partial charge in [0.15, 0.2) is 5.72 Å². The Bertz CT molecular complexity index is 1370. The summed E-state index contributed by atoms with van der Waals surface area (Å²) in [4.78, 5) is 40.9. The number of nitrogens with one attached hydrogen (secondary N) is 2. The summed E-state index contributed by atoms with van der Waals surface area (Å²) in [6.07, 6.45) is 1.52. The molecule has 3 aliphatic heterocycles. The number of anilines is 1. The maximum Gasteiger partial charge on any atom is 0.409 e. The molecule has 0 unspecified atom stereocenters. The quantitative estimate of drug-likeness (QED) is 0.321. The molecule has 4 bridgehead atoms. The lowest BCUT2D eigenvalue weighted by Gasteiger charge is -2.42.